The van der Waals surface area contributed by atoms with Gasteiger partial charge in [-0.2, -0.15) is 0 Å². The quantitative estimate of drug-likeness (QED) is 0.467. The first-order chi connectivity index (χ1) is 5.35. The fraction of sp³-hybridized carbons (Fsp3) is 0.750. The Morgan fingerprint density at radius 3 is 2.36 bits per heavy atom. The van der Waals surface area contributed by atoms with Crippen molar-refractivity contribution in [3.63, 3.8) is 0 Å². The summed E-state index contributed by atoms with van der Waals surface area (Å²) in [6.07, 6.45) is 0. The van der Waals surface area contributed by atoms with Gasteiger partial charge >= 0.3 is 0 Å². The molecular formula is C8H16N2O. The lowest BCUT2D eigenvalue weighted by molar-refractivity contribution is 0.173. The summed E-state index contributed by atoms with van der Waals surface area (Å²) < 4.78 is 0. The normalized spacial score (nSPS) is 9.45. The maximum Gasteiger partial charge on any atom is 0.128 e. The van der Waals surface area contributed by atoms with Gasteiger partial charge < -0.3 is 0 Å². The summed E-state index contributed by atoms with van der Waals surface area (Å²) in [6, 6.07) is 0. The largest absolute Gasteiger partial charge is 0.293 e. The standard InChI is InChI=1S/C8H16N2O/c1-3-10(4-2)7-5-6-8-11-9/h3-4,7-9H2,1-2H3. The van der Waals surface area contributed by atoms with Gasteiger partial charge in [-0.15, -0.1) is 0 Å². The molecule has 0 aromatic heterocycles. The van der Waals surface area contributed by atoms with Crippen LogP contribution in [-0.4, -0.2) is 31.1 Å². The molecule has 0 saturated heterocycles. The third-order valence-corrected chi connectivity index (χ3v) is 1.48. The molecule has 0 spiro atoms. The zero-order valence-corrected chi connectivity index (χ0v) is 7.26. The van der Waals surface area contributed by atoms with Crippen molar-refractivity contribution in [2.45, 2.75) is 13.8 Å². The fourth-order valence-electron chi connectivity index (χ4n) is 0.708. The lowest BCUT2D eigenvalue weighted by Gasteiger charge is -2.12. The Hall–Kier alpha value is -0.560. The van der Waals surface area contributed by atoms with Crippen LogP contribution < -0.4 is 5.90 Å². The molecule has 0 aromatic carbocycles. The highest BCUT2D eigenvalue weighted by atomic mass is 16.6. The molecule has 0 aliphatic carbocycles. The predicted octanol–water partition coefficient (Wildman–Crippen LogP) is 0.222. The lowest BCUT2D eigenvalue weighted by atomic mass is 10.4. The topological polar surface area (TPSA) is 38.5 Å². The van der Waals surface area contributed by atoms with Gasteiger partial charge in [-0.05, 0) is 13.1 Å². The zero-order chi connectivity index (χ0) is 8.53. The van der Waals surface area contributed by atoms with E-state index in [1.165, 1.54) is 0 Å². The molecule has 0 aromatic rings. The van der Waals surface area contributed by atoms with Crippen molar-refractivity contribution < 1.29 is 4.84 Å². The molecule has 0 unspecified atom stereocenters. The summed E-state index contributed by atoms with van der Waals surface area (Å²) in [7, 11) is 0. The van der Waals surface area contributed by atoms with Gasteiger partial charge in [-0.1, -0.05) is 25.7 Å². The molecular weight excluding hydrogens is 140 g/mol. The second kappa shape index (κ2) is 7.55. The maximum atomic E-state index is 4.79. The number of nitrogens with zero attached hydrogens (tertiary/aromatic N) is 1. The Morgan fingerprint density at radius 1 is 1.27 bits per heavy atom. The van der Waals surface area contributed by atoms with Crippen LogP contribution in [0, 0.1) is 11.8 Å². The van der Waals surface area contributed by atoms with Crippen molar-refractivity contribution in [1.82, 2.24) is 4.90 Å². The van der Waals surface area contributed by atoms with Crippen LogP contribution in [0.3, 0.4) is 0 Å². The smallest absolute Gasteiger partial charge is 0.128 e. The number of hydrogen-bond acceptors (Lipinski definition) is 3. The van der Waals surface area contributed by atoms with E-state index in [2.05, 4.69) is 35.4 Å². The van der Waals surface area contributed by atoms with Crippen molar-refractivity contribution in [2.75, 3.05) is 26.2 Å². The van der Waals surface area contributed by atoms with Crippen molar-refractivity contribution in [2.24, 2.45) is 5.90 Å². The van der Waals surface area contributed by atoms with Crippen molar-refractivity contribution in [3.8, 4) is 11.8 Å². The van der Waals surface area contributed by atoms with Gasteiger partial charge in [-0.3, -0.25) is 9.74 Å². The van der Waals surface area contributed by atoms with Crippen molar-refractivity contribution >= 4 is 0 Å². The van der Waals surface area contributed by atoms with Gasteiger partial charge in [0.15, 0.2) is 0 Å². The molecule has 0 saturated carbocycles. The average molecular weight is 156 g/mol. The van der Waals surface area contributed by atoms with Gasteiger partial charge in [0.1, 0.15) is 6.61 Å². The Kier molecular flexibility index (Phi) is 7.16. The SMILES string of the molecule is CCN(CC)CC#CCON. The summed E-state index contributed by atoms with van der Waals surface area (Å²) in [5.74, 6) is 10.5. The van der Waals surface area contributed by atoms with Gasteiger partial charge in [0.05, 0.1) is 6.54 Å². The molecule has 3 heteroatoms. The van der Waals surface area contributed by atoms with E-state index in [0.717, 1.165) is 19.6 Å². The third-order valence-electron chi connectivity index (χ3n) is 1.48. The van der Waals surface area contributed by atoms with E-state index in [-0.39, 0.29) is 0 Å². The second-order valence-corrected chi connectivity index (χ2v) is 2.13. The Balaban J connectivity index is 3.43. The molecule has 0 rings (SSSR count). The first-order valence-corrected chi connectivity index (χ1v) is 3.84. The molecule has 0 bridgehead atoms. The third kappa shape index (κ3) is 5.86. The predicted molar refractivity (Wildman–Crippen MR) is 45.7 cm³/mol. The Morgan fingerprint density at radius 2 is 1.91 bits per heavy atom. The molecule has 0 amide bonds. The van der Waals surface area contributed by atoms with Crippen LogP contribution in [0.25, 0.3) is 0 Å². The molecule has 0 atom stereocenters. The molecule has 0 aliphatic rings. The van der Waals surface area contributed by atoms with Crippen LogP contribution >= 0.6 is 0 Å². The van der Waals surface area contributed by atoms with E-state index in [0.29, 0.717) is 6.61 Å². The Labute approximate surface area is 68.5 Å². The number of rotatable bonds is 4. The maximum absolute atomic E-state index is 4.79. The van der Waals surface area contributed by atoms with Crippen molar-refractivity contribution in [3.05, 3.63) is 0 Å². The molecule has 2 N–H and O–H groups in total. The van der Waals surface area contributed by atoms with Crippen LogP contribution in [-0.2, 0) is 4.84 Å². The molecule has 0 aliphatic heterocycles. The average Bonchev–Trinajstić information content (AvgIpc) is 2.05. The minimum atomic E-state index is 0.321. The number of hydrogen-bond donors (Lipinski definition) is 1. The first kappa shape index (κ1) is 10.4. The van der Waals surface area contributed by atoms with Gasteiger partial charge in [0.2, 0.25) is 0 Å². The highest BCUT2D eigenvalue weighted by Crippen LogP contribution is 1.82. The van der Waals surface area contributed by atoms with E-state index in [4.69, 9.17) is 5.90 Å². The highest BCUT2D eigenvalue weighted by Gasteiger charge is 1.92. The highest BCUT2D eigenvalue weighted by molar-refractivity contribution is 5.01. The molecule has 64 valence electrons. The fourth-order valence-corrected chi connectivity index (χ4v) is 0.708. The summed E-state index contributed by atoms with van der Waals surface area (Å²) in [4.78, 5) is 6.52. The Bertz CT molecular complexity index is 133. The summed E-state index contributed by atoms with van der Waals surface area (Å²) in [5.41, 5.74) is 0. The lowest BCUT2D eigenvalue weighted by Crippen LogP contribution is -2.22. The van der Waals surface area contributed by atoms with Crippen molar-refractivity contribution in [1.29, 1.82) is 0 Å². The molecule has 0 heterocycles. The molecule has 3 nitrogen and oxygen atoms in total. The molecule has 0 radical (unpaired) electrons. The van der Waals surface area contributed by atoms with Crippen LogP contribution in [0.15, 0.2) is 0 Å². The van der Waals surface area contributed by atoms with Gasteiger partial charge in [0.25, 0.3) is 0 Å². The molecule has 11 heavy (non-hydrogen) atoms. The first-order valence-electron chi connectivity index (χ1n) is 3.84. The zero-order valence-electron chi connectivity index (χ0n) is 7.26. The minimum Gasteiger partial charge on any atom is -0.293 e. The number of nitrogens with two attached hydrogens (primary N) is 1. The summed E-state index contributed by atoms with van der Waals surface area (Å²) >= 11 is 0. The van der Waals surface area contributed by atoms with Gasteiger partial charge in [0, 0.05) is 0 Å². The van der Waals surface area contributed by atoms with Crippen LogP contribution in [0.2, 0.25) is 0 Å². The van der Waals surface area contributed by atoms with E-state index >= 15 is 0 Å². The van der Waals surface area contributed by atoms with Crippen LogP contribution in [0.1, 0.15) is 13.8 Å². The van der Waals surface area contributed by atoms with E-state index in [1.54, 1.807) is 0 Å². The van der Waals surface area contributed by atoms with E-state index in [9.17, 15) is 0 Å². The second-order valence-electron chi connectivity index (χ2n) is 2.13. The van der Waals surface area contributed by atoms with E-state index in [1.807, 2.05) is 0 Å². The summed E-state index contributed by atoms with van der Waals surface area (Å²) in [5, 5.41) is 0. The van der Waals surface area contributed by atoms with Crippen LogP contribution in [0.5, 0.6) is 0 Å². The van der Waals surface area contributed by atoms with Gasteiger partial charge in [-0.25, -0.2) is 5.90 Å². The molecule has 0 fully saturated rings. The monoisotopic (exact) mass is 156 g/mol. The summed E-state index contributed by atoms with van der Waals surface area (Å²) in [6.45, 7) is 7.43. The van der Waals surface area contributed by atoms with Crippen LogP contribution in [0.4, 0.5) is 0 Å². The van der Waals surface area contributed by atoms with E-state index < -0.39 is 0 Å². The minimum absolute atomic E-state index is 0.321.